The molecule has 30 heavy (non-hydrogen) atoms. The van der Waals surface area contributed by atoms with Crippen LogP contribution in [0.1, 0.15) is 5.56 Å². The molecule has 0 amide bonds. The summed E-state index contributed by atoms with van der Waals surface area (Å²) in [5.74, 6) is -1.65. The van der Waals surface area contributed by atoms with Gasteiger partial charge in [-0.05, 0) is 24.1 Å². The number of anilines is 1. The third-order valence-electron chi connectivity index (χ3n) is 4.30. The van der Waals surface area contributed by atoms with E-state index in [1.165, 1.54) is 0 Å². The Morgan fingerprint density at radius 2 is 1.87 bits per heavy atom. The molecule has 0 aliphatic carbocycles. The molecule has 2 aromatic carbocycles. The number of carbonyl (C=O) groups is 1. The van der Waals surface area contributed by atoms with Crippen LogP contribution in [-0.4, -0.2) is 37.3 Å². The number of nitrogens with one attached hydrogen (secondary N) is 1. The number of thiazole rings is 1. The minimum absolute atomic E-state index is 0.0679. The van der Waals surface area contributed by atoms with E-state index in [1.807, 2.05) is 30.3 Å². The summed E-state index contributed by atoms with van der Waals surface area (Å²) in [5.41, 5.74) is 1.66. The highest BCUT2D eigenvalue weighted by Gasteiger charge is 2.23. The van der Waals surface area contributed by atoms with Gasteiger partial charge in [0.05, 0.1) is 16.0 Å². The van der Waals surface area contributed by atoms with Crippen molar-refractivity contribution in [3.63, 3.8) is 0 Å². The fraction of sp³-hybridized carbons (Fsp3) is 0.200. The minimum atomic E-state index is -3.56. The zero-order chi connectivity index (χ0) is 21.9. The van der Waals surface area contributed by atoms with Crippen LogP contribution in [0.3, 0.4) is 0 Å². The van der Waals surface area contributed by atoms with Crippen LogP contribution in [0.5, 0.6) is 0 Å². The van der Waals surface area contributed by atoms with Gasteiger partial charge < -0.3 is 10.4 Å². The van der Waals surface area contributed by atoms with Crippen molar-refractivity contribution >= 4 is 55.5 Å². The Morgan fingerprint density at radius 1 is 1.17 bits per heavy atom. The van der Waals surface area contributed by atoms with Crippen molar-refractivity contribution in [3.8, 4) is 11.3 Å². The molecule has 1 aromatic heterocycles. The Balaban J connectivity index is 1.86. The second kappa shape index (κ2) is 9.34. The maximum absolute atomic E-state index is 12.3. The van der Waals surface area contributed by atoms with Gasteiger partial charge in [-0.25, -0.2) is 13.4 Å². The van der Waals surface area contributed by atoms with Crippen molar-refractivity contribution in [2.45, 2.75) is 10.6 Å². The number of carboxylic acid groups (broad SMARTS) is 1. The fourth-order valence-corrected chi connectivity index (χ4v) is 5.20. The topological polar surface area (TPSA) is 96.4 Å². The molecule has 10 heteroatoms. The summed E-state index contributed by atoms with van der Waals surface area (Å²) >= 11 is 13.0. The lowest BCUT2D eigenvalue weighted by Crippen LogP contribution is -2.25. The van der Waals surface area contributed by atoms with Crippen molar-refractivity contribution in [2.75, 3.05) is 18.1 Å². The Morgan fingerprint density at radius 3 is 2.47 bits per heavy atom. The van der Waals surface area contributed by atoms with Gasteiger partial charge in [0.1, 0.15) is 9.90 Å². The lowest BCUT2D eigenvalue weighted by molar-refractivity contribution is -0.141. The van der Waals surface area contributed by atoms with E-state index in [-0.39, 0.29) is 21.5 Å². The molecule has 3 aromatic rings. The highest BCUT2D eigenvalue weighted by atomic mass is 35.5. The molecule has 158 valence electrons. The third kappa shape index (κ3) is 5.51. The van der Waals surface area contributed by atoms with Gasteiger partial charge in [-0.3, -0.25) is 4.79 Å². The molecule has 0 radical (unpaired) electrons. The maximum Gasteiger partial charge on any atom is 0.308 e. The van der Waals surface area contributed by atoms with Crippen molar-refractivity contribution in [1.82, 2.24) is 4.98 Å². The summed E-state index contributed by atoms with van der Waals surface area (Å²) in [6, 6.07) is 14.0. The Hall–Kier alpha value is -2.13. The van der Waals surface area contributed by atoms with E-state index >= 15 is 0 Å². The molecule has 6 nitrogen and oxygen atoms in total. The van der Waals surface area contributed by atoms with Crippen molar-refractivity contribution < 1.29 is 18.3 Å². The van der Waals surface area contributed by atoms with Crippen molar-refractivity contribution in [3.05, 3.63) is 64.1 Å². The van der Waals surface area contributed by atoms with Gasteiger partial charge in [0.15, 0.2) is 15.0 Å². The van der Waals surface area contributed by atoms with E-state index in [1.54, 1.807) is 18.2 Å². The lowest BCUT2D eigenvalue weighted by Gasteiger charge is -2.12. The number of sulfone groups is 1. The van der Waals surface area contributed by atoms with Gasteiger partial charge in [0, 0.05) is 18.4 Å². The van der Waals surface area contributed by atoms with E-state index in [0.717, 1.165) is 23.2 Å². The van der Waals surface area contributed by atoms with E-state index < -0.39 is 21.7 Å². The average molecular weight is 485 g/mol. The Labute approximate surface area is 188 Å². The minimum Gasteiger partial charge on any atom is -0.481 e. The van der Waals surface area contributed by atoms with Crippen LogP contribution >= 0.6 is 34.5 Å². The summed E-state index contributed by atoms with van der Waals surface area (Å²) in [5, 5.41) is 13.5. The summed E-state index contributed by atoms with van der Waals surface area (Å²) < 4.78 is 24.6. The molecule has 1 heterocycles. The van der Waals surface area contributed by atoms with Crippen LogP contribution in [0.2, 0.25) is 10.0 Å². The Kier molecular flexibility index (Phi) is 7.02. The van der Waals surface area contributed by atoms with Crippen LogP contribution in [0, 0.1) is 5.92 Å². The SMILES string of the molecule is CS(=O)(=O)c1sc(NCC(Cc2ccccc2)C(=O)O)nc1-c1ccc(Cl)c(Cl)c1. The van der Waals surface area contributed by atoms with Crippen LogP contribution in [0.25, 0.3) is 11.3 Å². The van der Waals surface area contributed by atoms with Crippen LogP contribution in [0.4, 0.5) is 5.13 Å². The second-order valence-corrected chi connectivity index (χ2v) is 10.7. The largest absolute Gasteiger partial charge is 0.481 e. The van der Waals surface area contributed by atoms with E-state index in [9.17, 15) is 18.3 Å². The van der Waals surface area contributed by atoms with Gasteiger partial charge in [-0.2, -0.15) is 0 Å². The molecule has 0 aliphatic heterocycles. The van der Waals surface area contributed by atoms with Gasteiger partial charge in [0.2, 0.25) is 0 Å². The molecule has 0 aliphatic rings. The van der Waals surface area contributed by atoms with Gasteiger partial charge in [0.25, 0.3) is 0 Å². The van der Waals surface area contributed by atoms with Gasteiger partial charge >= 0.3 is 5.97 Å². The highest BCUT2D eigenvalue weighted by Crippen LogP contribution is 2.37. The summed E-state index contributed by atoms with van der Waals surface area (Å²) in [7, 11) is -3.56. The molecule has 0 saturated heterocycles. The highest BCUT2D eigenvalue weighted by molar-refractivity contribution is 7.93. The normalized spacial score (nSPS) is 12.5. The van der Waals surface area contributed by atoms with E-state index in [4.69, 9.17) is 23.2 Å². The molecule has 0 bridgehead atoms. The predicted molar refractivity (Wildman–Crippen MR) is 120 cm³/mol. The zero-order valence-corrected chi connectivity index (χ0v) is 18.9. The number of benzene rings is 2. The maximum atomic E-state index is 12.3. The lowest BCUT2D eigenvalue weighted by atomic mass is 9.99. The summed E-state index contributed by atoms with van der Waals surface area (Å²) in [6.45, 7) is 0.0990. The first kappa shape index (κ1) is 22.6. The van der Waals surface area contributed by atoms with Crippen molar-refractivity contribution in [2.24, 2.45) is 5.92 Å². The number of nitrogens with zero attached hydrogens (tertiary/aromatic N) is 1. The van der Waals surface area contributed by atoms with Crippen LogP contribution < -0.4 is 5.32 Å². The zero-order valence-electron chi connectivity index (χ0n) is 15.8. The molecule has 0 spiro atoms. The van der Waals surface area contributed by atoms with Crippen molar-refractivity contribution in [1.29, 1.82) is 0 Å². The fourth-order valence-electron chi connectivity index (χ4n) is 2.81. The number of hydrogen-bond acceptors (Lipinski definition) is 6. The number of aliphatic carboxylic acids is 1. The van der Waals surface area contributed by atoms with Crippen LogP contribution in [0.15, 0.2) is 52.7 Å². The molecule has 2 N–H and O–H groups in total. The first-order valence-corrected chi connectivity index (χ1v) is 12.3. The first-order valence-electron chi connectivity index (χ1n) is 8.82. The van der Waals surface area contributed by atoms with E-state index in [0.29, 0.717) is 22.1 Å². The monoisotopic (exact) mass is 484 g/mol. The van der Waals surface area contributed by atoms with Gasteiger partial charge in [-0.15, -0.1) is 0 Å². The number of hydrogen-bond donors (Lipinski definition) is 2. The standard InChI is InChI=1S/C20H18Cl2N2O4S2/c1-30(27,28)19-17(13-7-8-15(21)16(22)10-13)24-20(29-19)23-11-14(18(25)26)9-12-5-3-2-4-6-12/h2-8,10,14H,9,11H2,1H3,(H,23,24)(H,25,26). The average Bonchev–Trinajstić information content (AvgIpc) is 3.13. The number of halogens is 2. The Bertz CT molecular complexity index is 1160. The molecular formula is C20H18Cl2N2O4S2. The molecule has 0 fully saturated rings. The molecule has 1 atom stereocenters. The van der Waals surface area contributed by atoms with Gasteiger partial charge in [-0.1, -0.05) is 70.9 Å². The molecule has 0 saturated carbocycles. The van der Waals surface area contributed by atoms with E-state index in [2.05, 4.69) is 10.3 Å². The van der Waals surface area contributed by atoms with Crippen LogP contribution in [-0.2, 0) is 21.1 Å². The second-order valence-electron chi connectivity index (χ2n) is 6.66. The number of aromatic nitrogens is 1. The molecule has 1 unspecified atom stereocenters. The number of carboxylic acids is 1. The summed E-state index contributed by atoms with van der Waals surface area (Å²) in [6.07, 6.45) is 1.44. The quantitative estimate of drug-likeness (QED) is 0.472. The summed E-state index contributed by atoms with van der Waals surface area (Å²) in [4.78, 5) is 16.1. The molecule has 3 rings (SSSR count). The predicted octanol–water partition coefficient (Wildman–Crippen LogP) is 4.88. The first-order chi connectivity index (χ1) is 14.1. The smallest absolute Gasteiger partial charge is 0.308 e. The third-order valence-corrected chi connectivity index (χ3v) is 7.87. The number of rotatable bonds is 8. The molecular weight excluding hydrogens is 467 g/mol.